The van der Waals surface area contributed by atoms with E-state index in [0.29, 0.717) is 11.3 Å². The van der Waals surface area contributed by atoms with Crippen molar-refractivity contribution in [2.24, 2.45) is 14.1 Å². The van der Waals surface area contributed by atoms with Gasteiger partial charge in [0.15, 0.2) is 11.3 Å². The second-order valence-electron chi connectivity index (χ2n) is 3.28. The number of aliphatic carboxylic acids is 1. The third-order valence-electron chi connectivity index (χ3n) is 1.92. The maximum Gasteiger partial charge on any atom is 1.00 e. The number of carbonyl (C=O) groups is 1. The Labute approximate surface area is 122 Å². The maximum absolute atomic E-state index is 11.3. The van der Waals surface area contributed by atoms with Gasteiger partial charge in [-0.2, -0.15) is 0 Å². The number of carboxylic acids is 1. The molecular formula is C9H11HgN4O4. The van der Waals surface area contributed by atoms with Crippen LogP contribution in [0.1, 0.15) is 6.92 Å². The van der Waals surface area contributed by atoms with E-state index < -0.39 is 11.8 Å². The molecule has 0 saturated carbocycles. The zero-order chi connectivity index (χ0) is 13.2. The van der Waals surface area contributed by atoms with Gasteiger partial charge >= 0.3 is 33.4 Å². The van der Waals surface area contributed by atoms with Crippen LogP contribution in [0.25, 0.3) is 11.3 Å². The van der Waals surface area contributed by atoms with Crippen molar-refractivity contribution in [2.75, 3.05) is 0 Å². The Hall–Kier alpha value is -1.44. The maximum atomic E-state index is 11.3. The van der Waals surface area contributed by atoms with Gasteiger partial charge in [0, 0.05) is 33.1 Å². The largest absolute Gasteiger partial charge is 1.00 e. The van der Waals surface area contributed by atoms with E-state index in [4.69, 9.17) is 9.90 Å². The summed E-state index contributed by atoms with van der Waals surface area (Å²) in [5.41, 5.74) is 0.507. The van der Waals surface area contributed by atoms with Gasteiger partial charge in [-0.25, -0.2) is 14.8 Å². The van der Waals surface area contributed by atoms with E-state index in [9.17, 15) is 9.90 Å². The fraction of sp³-hybridized carbons (Fsp3) is 0.333. The van der Waals surface area contributed by atoms with Crippen LogP contribution in [0.5, 0.6) is 5.88 Å². The van der Waals surface area contributed by atoms with Crippen LogP contribution < -0.4 is 10.8 Å². The van der Waals surface area contributed by atoms with E-state index in [1.807, 2.05) is 0 Å². The van der Waals surface area contributed by atoms with E-state index >= 15 is 0 Å². The molecule has 0 bridgehead atoms. The molecule has 0 aliphatic heterocycles. The molecule has 8 nitrogen and oxygen atoms in total. The standard InChI is InChI=1S/C7H8N4O2.C2H4O2.Hg/c1-10-5-6(11(2)7(10)13)9-4(12)3-8-5;1-2(3)4;/h3H,1-2H3,(H,9,12);1H3,(H,3,4);/q;;+1/p-1. The van der Waals surface area contributed by atoms with Gasteiger partial charge in [0.2, 0.25) is 0 Å². The Morgan fingerprint density at radius 3 is 2.28 bits per heavy atom. The Balaban J connectivity index is 0.000000512. The number of aromatic nitrogens is 4. The summed E-state index contributed by atoms with van der Waals surface area (Å²) in [5.74, 6) is -1.27. The molecule has 0 fully saturated rings. The van der Waals surface area contributed by atoms with Gasteiger partial charge in [-0.05, 0) is 0 Å². The summed E-state index contributed by atoms with van der Waals surface area (Å²) < 4.78 is 2.64. The molecule has 0 saturated heterocycles. The van der Waals surface area contributed by atoms with Gasteiger partial charge in [-0.1, -0.05) is 0 Å². The SMILES string of the molecule is CC(=O)O.Cn1c(=O)n(C)c2nc([O-])cnc21.[Hg+]. The topological polar surface area (TPSA) is 113 Å². The zero-order valence-corrected chi connectivity index (χ0v) is 15.7. The first-order chi connectivity index (χ1) is 7.84. The number of imidazole rings is 1. The van der Waals surface area contributed by atoms with E-state index in [2.05, 4.69) is 9.97 Å². The number of carboxylic acid groups (broad SMARTS) is 1. The van der Waals surface area contributed by atoms with Crippen LogP contribution in [0.15, 0.2) is 11.0 Å². The van der Waals surface area contributed by atoms with Gasteiger partial charge in [0.25, 0.3) is 5.97 Å². The first kappa shape index (κ1) is 16.6. The van der Waals surface area contributed by atoms with Crippen LogP contribution in [0.2, 0.25) is 0 Å². The Kier molecular flexibility index (Phi) is 5.96. The summed E-state index contributed by atoms with van der Waals surface area (Å²) in [5, 5.41) is 18.3. The molecule has 0 amide bonds. The van der Waals surface area contributed by atoms with Crippen molar-refractivity contribution in [3.63, 3.8) is 0 Å². The van der Waals surface area contributed by atoms with Crippen LogP contribution in [0.3, 0.4) is 0 Å². The van der Waals surface area contributed by atoms with Crippen molar-refractivity contribution in [3.8, 4) is 5.88 Å². The van der Waals surface area contributed by atoms with Crippen molar-refractivity contribution in [1.29, 1.82) is 0 Å². The van der Waals surface area contributed by atoms with Crippen molar-refractivity contribution in [1.82, 2.24) is 19.1 Å². The third kappa shape index (κ3) is 3.52. The van der Waals surface area contributed by atoms with Crippen molar-refractivity contribution >= 4 is 17.3 Å². The number of rotatable bonds is 0. The molecule has 0 aliphatic rings. The molecule has 2 heterocycles. The summed E-state index contributed by atoms with van der Waals surface area (Å²) in [6, 6.07) is 0. The quantitative estimate of drug-likeness (QED) is 0.517. The zero-order valence-electron chi connectivity index (χ0n) is 10.2. The molecule has 1 N–H and O–H groups in total. The molecule has 0 atom stereocenters. The fourth-order valence-corrected chi connectivity index (χ4v) is 1.23. The molecule has 0 unspecified atom stereocenters. The van der Waals surface area contributed by atoms with Crippen LogP contribution in [0, 0.1) is 0 Å². The number of nitrogens with zero attached hydrogens (tertiary/aromatic N) is 4. The first-order valence-electron chi connectivity index (χ1n) is 4.59. The predicted octanol–water partition coefficient (Wildman–Crippen LogP) is -1.17. The normalized spacial score (nSPS) is 9.28. The van der Waals surface area contributed by atoms with Crippen LogP contribution in [-0.2, 0) is 46.6 Å². The molecular weight excluding hydrogens is 429 g/mol. The number of fused-ring (bicyclic) bond motifs is 1. The van der Waals surface area contributed by atoms with Crippen molar-refractivity contribution in [3.05, 3.63) is 16.7 Å². The molecule has 1 radical (unpaired) electrons. The van der Waals surface area contributed by atoms with Crippen molar-refractivity contribution in [2.45, 2.75) is 6.92 Å². The number of hydrogen-bond donors (Lipinski definition) is 1. The fourth-order valence-electron chi connectivity index (χ4n) is 1.23. The van der Waals surface area contributed by atoms with Crippen molar-refractivity contribution < 1.29 is 42.7 Å². The minimum absolute atomic E-state index is 0. The molecule has 0 aliphatic carbocycles. The number of hydrogen-bond acceptors (Lipinski definition) is 5. The second-order valence-corrected chi connectivity index (χ2v) is 3.28. The van der Waals surface area contributed by atoms with Gasteiger partial charge in [0.05, 0.1) is 0 Å². The molecule has 9 heteroatoms. The summed E-state index contributed by atoms with van der Waals surface area (Å²) >= 11 is 0. The average Bonchev–Trinajstić information content (AvgIpc) is 2.43. The van der Waals surface area contributed by atoms with E-state index in [-0.39, 0.29) is 33.4 Å². The molecule has 0 aromatic carbocycles. The van der Waals surface area contributed by atoms with Crippen LogP contribution in [0.4, 0.5) is 0 Å². The van der Waals surface area contributed by atoms with Gasteiger partial charge in [-0.3, -0.25) is 13.9 Å². The van der Waals surface area contributed by atoms with E-state index in [1.54, 1.807) is 14.1 Å². The Morgan fingerprint density at radius 2 is 1.78 bits per heavy atom. The monoisotopic (exact) mass is 441 g/mol. The minimum atomic E-state index is -0.833. The molecule has 2 aromatic rings. The molecule has 2 rings (SSSR count). The second kappa shape index (κ2) is 6.48. The van der Waals surface area contributed by atoms with Gasteiger partial charge in [-0.15, -0.1) is 0 Å². The molecule has 2 aromatic heterocycles. The number of aryl methyl sites for hydroxylation is 2. The van der Waals surface area contributed by atoms with E-state index in [0.717, 1.165) is 13.1 Å². The molecule has 93 valence electrons. The summed E-state index contributed by atoms with van der Waals surface area (Å²) in [4.78, 5) is 27.9. The Bertz CT molecular complexity index is 615. The van der Waals surface area contributed by atoms with Crippen LogP contribution in [-0.4, -0.2) is 30.2 Å². The predicted molar refractivity (Wildman–Crippen MR) is 56.5 cm³/mol. The molecule has 18 heavy (non-hydrogen) atoms. The summed E-state index contributed by atoms with van der Waals surface area (Å²) in [6.07, 6.45) is 1.10. The van der Waals surface area contributed by atoms with Crippen LogP contribution >= 0.6 is 0 Å². The van der Waals surface area contributed by atoms with Gasteiger partial charge in [0.1, 0.15) is 0 Å². The third-order valence-corrected chi connectivity index (χ3v) is 1.92. The average molecular weight is 440 g/mol. The first-order valence-corrected chi connectivity index (χ1v) is 4.59. The summed E-state index contributed by atoms with van der Waals surface area (Å²) in [7, 11) is 3.14. The Morgan fingerprint density at radius 1 is 1.33 bits per heavy atom. The minimum Gasteiger partial charge on any atom is -0.857 e. The smallest absolute Gasteiger partial charge is 0.857 e. The molecule has 0 spiro atoms. The van der Waals surface area contributed by atoms with Gasteiger partial charge < -0.3 is 10.2 Å². The van der Waals surface area contributed by atoms with E-state index in [1.165, 1.54) is 9.13 Å². The summed E-state index contributed by atoms with van der Waals surface area (Å²) in [6.45, 7) is 1.08.